The molecule has 0 atom stereocenters. The van der Waals surface area contributed by atoms with Gasteiger partial charge in [0.05, 0.1) is 6.61 Å². The van der Waals surface area contributed by atoms with Crippen molar-refractivity contribution >= 4 is 12.0 Å². The summed E-state index contributed by atoms with van der Waals surface area (Å²) in [7, 11) is 0. The van der Waals surface area contributed by atoms with Crippen molar-refractivity contribution in [2.45, 2.75) is 13.3 Å². The van der Waals surface area contributed by atoms with Crippen LogP contribution in [0, 0.1) is 0 Å². The Kier molecular flexibility index (Phi) is 5.29. The van der Waals surface area contributed by atoms with Crippen LogP contribution >= 0.6 is 0 Å². The van der Waals surface area contributed by atoms with Crippen molar-refractivity contribution < 1.29 is 14.3 Å². The topological polar surface area (TPSA) is 55.7 Å². The van der Waals surface area contributed by atoms with Gasteiger partial charge >= 0.3 is 5.97 Å². The molecule has 4 heteroatoms. The maximum Gasteiger partial charge on any atom is 0.328 e. The molecule has 0 aromatic carbocycles. The Morgan fingerprint density at radius 2 is 2.40 bits per heavy atom. The average molecular weight is 143 g/mol. The van der Waals surface area contributed by atoms with Gasteiger partial charge in [-0.15, -0.1) is 0 Å². The minimum absolute atomic E-state index is 0.219. The normalized spacial score (nSPS) is 8.10. The number of carbonyl (C=O) groups excluding carboxylic acids is 2. The molecular formula is C6H9NO3. The van der Waals surface area contributed by atoms with Gasteiger partial charge in [0.1, 0.15) is 6.54 Å². The van der Waals surface area contributed by atoms with Gasteiger partial charge in [0.25, 0.3) is 0 Å². The van der Waals surface area contributed by atoms with Gasteiger partial charge in [-0.3, -0.25) is 4.79 Å². The van der Waals surface area contributed by atoms with Gasteiger partial charge < -0.3 is 4.74 Å². The number of aliphatic imine (C=N–C) groups is 1. The Balaban J connectivity index is 3.34. The number of carbonyl (C=O) groups is 1. The van der Waals surface area contributed by atoms with E-state index in [0.29, 0.717) is 6.61 Å². The zero-order valence-electron chi connectivity index (χ0n) is 5.79. The lowest BCUT2D eigenvalue weighted by Crippen LogP contribution is -2.08. The average Bonchev–Trinajstić information content (AvgIpc) is 1.97. The highest BCUT2D eigenvalue weighted by Crippen LogP contribution is 1.82. The fourth-order valence-corrected chi connectivity index (χ4v) is 0.358. The van der Waals surface area contributed by atoms with E-state index in [-0.39, 0.29) is 6.54 Å². The molecule has 0 saturated heterocycles. The number of ether oxygens (including phenoxy) is 1. The van der Waals surface area contributed by atoms with Crippen molar-refractivity contribution in [1.82, 2.24) is 0 Å². The van der Waals surface area contributed by atoms with Crippen molar-refractivity contribution in [3.8, 4) is 0 Å². The third-order valence-electron chi connectivity index (χ3n) is 0.740. The first-order valence-corrected chi connectivity index (χ1v) is 3.00. The quantitative estimate of drug-likeness (QED) is 0.322. The van der Waals surface area contributed by atoms with Gasteiger partial charge in [0, 0.05) is 0 Å². The SMILES string of the molecule is CCCOC(=O)CN=C=O. The van der Waals surface area contributed by atoms with Crippen LogP contribution in [0.2, 0.25) is 0 Å². The molecule has 0 rings (SSSR count). The predicted octanol–water partition coefficient (Wildman–Crippen LogP) is 0.275. The molecule has 0 unspecified atom stereocenters. The lowest BCUT2D eigenvalue weighted by Gasteiger charge is -1.96. The molecule has 0 aromatic rings. The molecule has 0 radical (unpaired) electrons. The lowest BCUT2D eigenvalue weighted by molar-refractivity contribution is -0.141. The second-order valence-corrected chi connectivity index (χ2v) is 1.63. The number of hydrogen-bond donors (Lipinski definition) is 0. The number of nitrogens with zero attached hydrogens (tertiary/aromatic N) is 1. The lowest BCUT2D eigenvalue weighted by atomic mass is 10.5. The summed E-state index contributed by atoms with van der Waals surface area (Å²) in [4.78, 5) is 23.0. The molecule has 0 aliphatic rings. The summed E-state index contributed by atoms with van der Waals surface area (Å²) >= 11 is 0. The van der Waals surface area contributed by atoms with Gasteiger partial charge in [0.2, 0.25) is 6.08 Å². The molecule has 0 heterocycles. The van der Waals surface area contributed by atoms with Crippen LogP contribution in [0.5, 0.6) is 0 Å². The second kappa shape index (κ2) is 5.98. The molecule has 56 valence electrons. The van der Waals surface area contributed by atoms with E-state index in [0.717, 1.165) is 6.42 Å². The summed E-state index contributed by atoms with van der Waals surface area (Å²) in [6.07, 6.45) is 2.02. The first kappa shape index (κ1) is 8.85. The first-order chi connectivity index (χ1) is 4.81. The Morgan fingerprint density at radius 1 is 1.70 bits per heavy atom. The summed E-state index contributed by atoms with van der Waals surface area (Å²) in [6.45, 7) is 2.05. The Morgan fingerprint density at radius 3 is 2.90 bits per heavy atom. The molecule has 0 spiro atoms. The molecule has 0 bridgehead atoms. The van der Waals surface area contributed by atoms with Crippen LogP contribution in [0.15, 0.2) is 4.99 Å². The molecule has 0 saturated carbocycles. The Labute approximate surface area is 58.9 Å². The van der Waals surface area contributed by atoms with Crippen LogP contribution in [0.4, 0.5) is 0 Å². The van der Waals surface area contributed by atoms with E-state index in [1.165, 1.54) is 6.08 Å². The zero-order chi connectivity index (χ0) is 7.82. The maximum absolute atomic E-state index is 10.5. The van der Waals surface area contributed by atoms with Gasteiger partial charge in [-0.25, -0.2) is 4.79 Å². The Bertz CT molecular complexity index is 149. The molecule has 0 aliphatic carbocycles. The minimum atomic E-state index is -0.481. The molecule has 0 aliphatic heterocycles. The molecular weight excluding hydrogens is 134 g/mol. The standard InChI is InChI=1S/C6H9NO3/c1-2-3-10-6(9)4-7-5-8/h2-4H2,1H3. The zero-order valence-corrected chi connectivity index (χ0v) is 5.79. The summed E-state index contributed by atoms with van der Waals surface area (Å²) in [5.74, 6) is -0.481. The second-order valence-electron chi connectivity index (χ2n) is 1.63. The third kappa shape index (κ3) is 5.00. The van der Waals surface area contributed by atoms with Crippen LogP contribution in [-0.2, 0) is 14.3 Å². The van der Waals surface area contributed by atoms with E-state index in [1.54, 1.807) is 0 Å². The monoisotopic (exact) mass is 143 g/mol. The highest BCUT2D eigenvalue weighted by atomic mass is 16.5. The molecule has 0 fully saturated rings. The highest BCUT2D eigenvalue weighted by Gasteiger charge is 1.97. The summed E-state index contributed by atoms with van der Waals surface area (Å²) < 4.78 is 4.58. The van der Waals surface area contributed by atoms with Crippen LogP contribution in [0.1, 0.15) is 13.3 Å². The van der Waals surface area contributed by atoms with Gasteiger partial charge in [-0.2, -0.15) is 4.99 Å². The molecule has 0 amide bonds. The summed E-state index contributed by atoms with van der Waals surface area (Å²) in [6, 6.07) is 0. The van der Waals surface area contributed by atoms with Crippen molar-refractivity contribution in [3.63, 3.8) is 0 Å². The third-order valence-corrected chi connectivity index (χ3v) is 0.740. The fraction of sp³-hybridized carbons (Fsp3) is 0.667. The van der Waals surface area contributed by atoms with Crippen molar-refractivity contribution in [2.24, 2.45) is 4.99 Å². The maximum atomic E-state index is 10.5. The van der Waals surface area contributed by atoms with E-state index >= 15 is 0 Å². The summed E-state index contributed by atoms with van der Waals surface area (Å²) in [5, 5.41) is 0. The van der Waals surface area contributed by atoms with Gasteiger partial charge in [-0.1, -0.05) is 6.92 Å². The van der Waals surface area contributed by atoms with Crippen LogP contribution in [0.3, 0.4) is 0 Å². The summed E-state index contributed by atoms with van der Waals surface area (Å²) in [5.41, 5.74) is 0. The molecule has 0 N–H and O–H groups in total. The number of rotatable bonds is 4. The molecule has 10 heavy (non-hydrogen) atoms. The largest absolute Gasteiger partial charge is 0.464 e. The van der Waals surface area contributed by atoms with Gasteiger partial charge in [-0.05, 0) is 6.42 Å². The minimum Gasteiger partial charge on any atom is -0.464 e. The van der Waals surface area contributed by atoms with Crippen LogP contribution in [0.25, 0.3) is 0 Å². The van der Waals surface area contributed by atoms with E-state index in [2.05, 4.69) is 9.73 Å². The first-order valence-electron chi connectivity index (χ1n) is 3.00. The van der Waals surface area contributed by atoms with E-state index in [4.69, 9.17) is 0 Å². The molecule has 0 aromatic heterocycles. The molecule has 4 nitrogen and oxygen atoms in total. The van der Waals surface area contributed by atoms with E-state index in [9.17, 15) is 9.59 Å². The van der Waals surface area contributed by atoms with Crippen LogP contribution < -0.4 is 0 Å². The Hall–Kier alpha value is -1.15. The van der Waals surface area contributed by atoms with E-state index < -0.39 is 5.97 Å². The number of isocyanates is 1. The number of esters is 1. The van der Waals surface area contributed by atoms with E-state index in [1.807, 2.05) is 6.92 Å². The number of hydrogen-bond acceptors (Lipinski definition) is 4. The van der Waals surface area contributed by atoms with Crippen LogP contribution in [-0.4, -0.2) is 25.2 Å². The fourth-order valence-electron chi connectivity index (χ4n) is 0.358. The smallest absolute Gasteiger partial charge is 0.328 e. The predicted molar refractivity (Wildman–Crippen MR) is 34.2 cm³/mol. The van der Waals surface area contributed by atoms with Crippen molar-refractivity contribution in [1.29, 1.82) is 0 Å². The van der Waals surface area contributed by atoms with Crippen molar-refractivity contribution in [2.75, 3.05) is 13.2 Å². The highest BCUT2D eigenvalue weighted by molar-refractivity contribution is 5.72. The van der Waals surface area contributed by atoms with Crippen molar-refractivity contribution in [3.05, 3.63) is 0 Å². The van der Waals surface area contributed by atoms with Gasteiger partial charge in [0.15, 0.2) is 0 Å².